The Bertz CT molecular complexity index is 545. The molecule has 0 radical (unpaired) electrons. The molecule has 17 heavy (non-hydrogen) atoms. The summed E-state index contributed by atoms with van der Waals surface area (Å²) in [6, 6.07) is 9.45. The molecular weight excluding hydrogens is 236 g/mol. The monoisotopic (exact) mass is 246 g/mol. The van der Waals surface area contributed by atoms with Gasteiger partial charge >= 0.3 is 0 Å². The summed E-state index contributed by atoms with van der Waals surface area (Å²) in [6.07, 6.45) is 1.81. The smallest absolute Gasteiger partial charge is 0.182 e. The minimum atomic E-state index is 0.109. The lowest BCUT2D eigenvalue weighted by Crippen LogP contribution is -1.98. The Balaban J connectivity index is 2.58. The predicted molar refractivity (Wildman–Crippen MR) is 69.1 cm³/mol. The molecule has 86 valence electrons. The number of benzene rings is 1. The molecule has 2 aromatic rings. The first-order valence-electron chi connectivity index (χ1n) is 4.86. The largest absolute Gasteiger partial charge is 0.382 e. The quantitative estimate of drug-likeness (QED) is 0.511. The topological polar surface area (TPSA) is 81.2 Å². The van der Waals surface area contributed by atoms with E-state index in [1.165, 1.54) is 11.8 Å². The van der Waals surface area contributed by atoms with Crippen molar-refractivity contribution in [2.45, 2.75) is 5.03 Å². The zero-order valence-electron chi connectivity index (χ0n) is 9.12. The van der Waals surface area contributed by atoms with Gasteiger partial charge in [-0.3, -0.25) is 0 Å². The Morgan fingerprint density at radius 2 is 1.94 bits per heavy atom. The van der Waals surface area contributed by atoms with Crippen molar-refractivity contribution in [3.63, 3.8) is 0 Å². The second-order valence-corrected chi connectivity index (χ2v) is 4.04. The van der Waals surface area contributed by atoms with Gasteiger partial charge < -0.3 is 5.73 Å². The Labute approximate surface area is 102 Å². The minimum Gasteiger partial charge on any atom is -0.382 e. The Hall–Kier alpha value is -1.95. The summed E-state index contributed by atoms with van der Waals surface area (Å²) >= 11 is 1.32. The molecule has 1 aromatic heterocycles. The average Bonchev–Trinajstić information content (AvgIpc) is 2.38. The van der Waals surface area contributed by atoms with Crippen molar-refractivity contribution in [2.75, 3.05) is 12.0 Å². The van der Waals surface area contributed by atoms with Gasteiger partial charge in [-0.25, -0.2) is 9.97 Å². The fraction of sp³-hybridized carbons (Fsp3) is 0.0909. The zero-order valence-corrected chi connectivity index (χ0v) is 9.94. The molecule has 6 heteroatoms. The first-order valence-corrected chi connectivity index (χ1v) is 6.09. The lowest BCUT2D eigenvalue weighted by Gasteiger charge is -2.06. The third-order valence-electron chi connectivity index (χ3n) is 2.20. The van der Waals surface area contributed by atoms with E-state index in [0.717, 1.165) is 5.56 Å². The summed E-state index contributed by atoms with van der Waals surface area (Å²) in [5.74, 6) is 0.609. The molecule has 5 nitrogen and oxygen atoms in total. The molecule has 0 aliphatic carbocycles. The molecule has 0 aliphatic heterocycles. The summed E-state index contributed by atoms with van der Waals surface area (Å²) in [4.78, 5) is 19.0. The highest BCUT2D eigenvalue weighted by Crippen LogP contribution is 2.32. The molecule has 0 saturated heterocycles. The number of thioether (sulfide) groups is 1. The van der Waals surface area contributed by atoms with Crippen molar-refractivity contribution in [1.29, 1.82) is 0 Å². The van der Waals surface area contributed by atoms with Gasteiger partial charge in [0, 0.05) is 5.56 Å². The van der Waals surface area contributed by atoms with E-state index in [9.17, 15) is 4.91 Å². The Kier molecular flexibility index (Phi) is 3.34. The van der Waals surface area contributed by atoms with Crippen LogP contribution in [0.15, 0.2) is 40.5 Å². The van der Waals surface area contributed by atoms with E-state index in [-0.39, 0.29) is 11.5 Å². The normalized spacial score (nSPS) is 10.2. The van der Waals surface area contributed by atoms with Gasteiger partial charge in [0.1, 0.15) is 5.03 Å². The molecule has 0 atom stereocenters. The Morgan fingerprint density at radius 3 is 2.53 bits per heavy atom. The number of nitrogens with zero attached hydrogens (tertiary/aromatic N) is 3. The first-order chi connectivity index (χ1) is 8.26. The number of nitroso groups, excluding NO2 is 1. The number of nitrogen functional groups attached to an aromatic ring is 1. The molecule has 0 saturated carbocycles. The van der Waals surface area contributed by atoms with Crippen LogP contribution in [-0.2, 0) is 0 Å². The van der Waals surface area contributed by atoms with Gasteiger partial charge in [0.05, 0.1) is 0 Å². The molecule has 2 N–H and O–H groups in total. The molecular formula is C11H10N4OS. The van der Waals surface area contributed by atoms with Crippen LogP contribution in [0.3, 0.4) is 0 Å². The van der Waals surface area contributed by atoms with E-state index >= 15 is 0 Å². The minimum absolute atomic E-state index is 0.109. The maximum absolute atomic E-state index is 10.6. The van der Waals surface area contributed by atoms with Crippen LogP contribution in [0.2, 0.25) is 0 Å². The summed E-state index contributed by atoms with van der Waals surface area (Å²) < 4.78 is 0. The van der Waals surface area contributed by atoms with E-state index in [1.807, 2.05) is 36.6 Å². The number of aromatic nitrogens is 2. The first kappa shape index (κ1) is 11.5. The SMILES string of the molecule is CSc1nc(-c2ccccc2)nc(N)c1N=O. The highest BCUT2D eigenvalue weighted by atomic mass is 32.2. The standard InChI is InChI=1S/C11H10N4OS/c1-17-11-8(15-16)9(12)13-10(14-11)7-5-3-2-4-6-7/h2-6H,1H3,(H2,12,13,14). The third kappa shape index (κ3) is 2.26. The summed E-state index contributed by atoms with van der Waals surface area (Å²) in [5, 5.41) is 3.35. The second kappa shape index (κ2) is 4.92. The average molecular weight is 246 g/mol. The van der Waals surface area contributed by atoms with E-state index in [1.54, 1.807) is 0 Å². The van der Waals surface area contributed by atoms with Gasteiger partial charge in [-0.15, -0.1) is 16.7 Å². The highest BCUT2D eigenvalue weighted by Gasteiger charge is 2.13. The van der Waals surface area contributed by atoms with Crippen molar-refractivity contribution < 1.29 is 0 Å². The highest BCUT2D eigenvalue weighted by molar-refractivity contribution is 7.98. The lowest BCUT2D eigenvalue weighted by atomic mass is 10.2. The number of nitrogens with two attached hydrogens (primary N) is 1. The molecule has 0 aliphatic rings. The van der Waals surface area contributed by atoms with E-state index < -0.39 is 0 Å². The van der Waals surface area contributed by atoms with Crippen molar-refractivity contribution >= 4 is 23.3 Å². The molecule has 0 spiro atoms. The van der Waals surface area contributed by atoms with E-state index in [4.69, 9.17) is 5.73 Å². The van der Waals surface area contributed by atoms with E-state index in [2.05, 4.69) is 15.1 Å². The number of hydrogen-bond donors (Lipinski definition) is 1. The zero-order chi connectivity index (χ0) is 12.3. The molecule has 2 rings (SSSR count). The molecule has 0 fully saturated rings. The van der Waals surface area contributed by atoms with Crippen molar-refractivity contribution in [1.82, 2.24) is 9.97 Å². The Morgan fingerprint density at radius 1 is 1.24 bits per heavy atom. The number of anilines is 1. The summed E-state index contributed by atoms with van der Waals surface area (Å²) in [5.41, 5.74) is 6.65. The predicted octanol–water partition coefficient (Wildman–Crippen LogP) is 2.85. The van der Waals surface area contributed by atoms with Gasteiger partial charge in [-0.2, -0.15) is 0 Å². The van der Waals surface area contributed by atoms with Crippen LogP contribution in [0.5, 0.6) is 0 Å². The van der Waals surface area contributed by atoms with E-state index in [0.29, 0.717) is 10.9 Å². The summed E-state index contributed by atoms with van der Waals surface area (Å²) in [7, 11) is 0. The maximum atomic E-state index is 10.6. The molecule has 0 bridgehead atoms. The van der Waals surface area contributed by atoms with Crippen molar-refractivity contribution in [2.24, 2.45) is 5.18 Å². The van der Waals surface area contributed by atoms with Crippen LogP contribution >= 0.6 is 11.8 Å². The van der Waals surface area contributed by atoms with Gasteiger partial charge in [0.2, 0.25) is 0 Å². The van der Waals surface area contributed by atoms with Crippen molar-refractivity contribution in [3.05, 3.63) is 35.2 Å². The molecule has 1 aromatic carbocycles. The van der Waals surface area contributed by atoms with Crippen LogP contribution in [0, 0.1) is 4.91 Å². The van der Waals surface area contributed by atoms with Crippen LogP contribution in [0.4, 0.5) is 11.5 Å². The molecule has 0 amide bonds. The van der Waals surface area contributed by atoms with Gasteiger partial charge in [-0.05, 0) is 11.4 Å². The number of hydrogen-bond acceptors (Lipinski definition) is 6. The fourth-order valence-corrected chi connectivity index (χ4v) is 1.91. The summed E-state index contributed by atoms with van der Waals surface area (Å²) in [6.45, 7) is 0. The van der Waals surface area contributed by atoms with Gasteiger partial charge in [0.15, 0.2) is 17.3 Å². The van der Waals surface area contributed by atoms with Gasteiger partial charge in [0.25, 0.3) is 0 Å². The maximum Gasteiger partial charge on any atom is 0.182 e. The van der Waals surface area contributed by atoms with Crippen LogP contribution in [0.1, 0.15) is 0 Å². The molecule has 1 heterocycles. The fourth-order valence-electron chi connectivity index (χ4n) is 1.40. The van der Waals surface area contributed by atoms with Crippen molar-refractivity contribution in [3.8, 4) is 11.4 Å². The molecule has 0 unspecified atom stereocenters. The van der Waals surface area contributed by atoms with Gasteiger partial charge in [-0.1, -0.05) is 30.3 Å². The van der Waals surface area contributed by atoms with Crippen LogP contribution in [0.25, 0.3) is 11.4 Å². The number of rotatable bonds is 3. The van der Waals surface area contributed by atoms with Crippen LogP contribution < -0.4 is 5.73 Å². The van der Waals surface area contributed by atoms with Crippen LogP contribution in [-0.4, -0.2) is 16.2 Å². The second-order valence-electron chi connectivity index (χ2n) is 3.25. The third-order valence-corrected chi connectivity index (χ3v) is 2.87. The lowest BCUT2D eigenvalue weighted by molar-refractivity contribution is 1.06.